The minimum absolute atomic E-state index is 0.200. The smallest absolute Gasteiger partial charge is 0.233 e. The molecule has 0 aromatic carbocycles. The van der Waals surface area contributed by atoms with E-state index in [1.165, 1.54) is 11.8 Å². The molecule has 0 radical (unpaired) electrons. The van der Waals surface area contributed by atoms with Crippen LogP contribution in [0.4, 0.5) is 0 Å². The highest BCUT2D eigenvalue weighted by atomic mass is 32.2. The van der Waals surface area contributed by atoms with Crippen LogP contribution in [-0.4, -0.2) is 64.7 Å². The molecule has 0 spiro atoms. The molecule has 0 N–H and O–H groups in total. The first-order chi connectivity index (χ1) is 9.74. The van der Waals surface area contributed by atoms with Crippen LogP contribution < -0.4 is 0 Å². The van der Waals surface area contributed by atoms with Crippen LogP contribution in [0.15, 0.2) is 22.8 Å². The summed E-state index contributed by atoms with van der Waals surface area (Å²) >= 11 is 3.14. The molecule has 20 heavy (non-hydrogen) atoms. The Morgan fingerprint density at radius 2 is 2.15 bits per heavy atom. The number of thioether (sulfide) groups is 1. The zero-order valence-corrected chi connectivity index (χ0v) is 12.9. The molecule has 0 saturated carbocycles. The number of rotatable bonds is 3. The van der Waals surface area contributed by atoms with Gasteiger partial charge < -0.3 is 9.80 Å². The van der Waals surface area contributed by atoms with Crippen molar-refractivity contribution in [1.82, 2.24) is 19.8 Å². The molecule has 0 unspecified atom stereocenters. The quantitative estimate of drug-likeness (QED) is 0.636. The fourth-order valence-corrected chi connectivity index (χ4v) is 4.00. The monoisotopic (exact) mass is 308 g/mol. The van der Waals surface area contributed by atoms with Crippen LogP contribution in [0.2, 0.25) is 0 Å². The summed E-state index contributed by atoms with van der Waals surface area (Å²) in [4.78, 5) is 24.9. The van der Waals surface area contributed by atoms with Crippen LogP contribution in [0.1, 0.15) is 0 Å². The second-order valence-corrected chi connectivity index (χ2v) is 6.67. The van der Waals surface area contributed by atoms with Crippen LogP contribution in [-0.2, 0) is 4.79 Å². The van der Waals surface area contributed by atoms with E-state index in [0.717, 1.165) is 41.4 Å². The van der Waals surface area contributed by atoms with Gasteiger partial charge in [-0.05, 0) is 18.5 Å². The molecule has 3 rings (SSSR count). The van der Waals surface area contributed by atoms with E-state index in [-0.39, 0.29) is 5.91 Å². The fraction of sp³-hybridized carbons (Fsp3) is 0.462. The predicted octanol–water partition coefficient (Wildman–Crippen LogP) is 1.56. The molecule has 1 saturated heterocycles. The van der Waals surface area contributed by atoms with E-state index in [0.29, 0.717) is 5.75 Å². The Balaban J connectivity index is 1.62. The molecule has 1 fully saturated rings. The normalized spacial score (nSPS) is 16.8. The van der Waals surface area contributed by atoms with Crippen LogP contribution in [0.25, 0.3) is 10.2 Å². The van der Waals surface area contributed by atoms with Crippen LogP contribution in [0.3, 0.4) is 0 Å². The van der Waals surface area contributed by atoms with E-state index in [1.54, 1.807) is 17.7 Å². The van der Waals surface area contributed by atoms with Gasteiger partial charge in [0, 0.05) is 26.2 Å². The number of amides is 1. The van der Waals surface area contributed by atoms with E-state index in [4.69, 9.17) is 0 Å². The first-order valence-corrected chi connectivity index (χ1v) is 8.38. The van der Waals surface area contributed by atoms with Gasteiger partial charge in [-0.15, -0.1) is 11.3 Å². The van der Waals surface area contributed by atoms with E-state index in [9.17, 15) is 4.79 Å². The molecule has 1 amide bonds. The lowest BCUT2D eigenvalue weighted by molar-refractivity contribution is -0.129. The maximum Gasteiger partial charge on any atom is 0.233 e. The highest BCUT2D eigenvalue weighted by molar-refractivity contribution is 8.00. The molecule has 0 bridgehead atoms. The maximum absolute atomic E-state index is 12.2. The Hall–Kier alpha value is -1.18. The topological polar surface area (TPSA) is 49.3 Å². The Labute approximate surface area is 126 Å². The van der Waals surface area contributed by atoms with Gasteiger partial charge in [-0.1, -0.05) is 11.8 Å². The van der Waals surface area contributed by atoms with Crippen molar-refractivity contribution in [2.75, 3.05) is 39.0 Å². The number of piperazine rings is 1. The fourth-order valence-electron chi connectivity index (χ4n) is 2.15. The van der Waals surface area contributed by atoms with Crippen molar-refractivity contribution >= 4 is 39.2 Å². The van der Waals surface area contributed by atoms with Gasteiger partial charge in [-0.2, -0.15) is 0 Å². The molecule has 2 aromatic rings. The van der Waals surface area contributed by atoms with Crippen molar-refractivity contribution in [3.8, 4) is 0 Å². The molecule has 7 heteroatoms. The Kier molecular flexibility index (Phi) is 4.18. The van der Waals surface area contributed by atoms with Gasteiger partial charge in [0.1, 0.15) is 11.4 Å². The minimum Gasteiger partial charge on any atom is -0.339 e. The van der Waals surface area contributed by atoms with Gasteiger partial charge in [0.05, 0.1) is 16.0 Å². The van der Waals surface area contributed by atoms with Gasteiger partial charge in [0.25, 0.3) is 0 Å². The van der Waals surface area contributed by atoms with Gasteiger partial charge in [0.2, 0.25) is 5.91 Å². The Morgan fingerprint density at radius 1 is 1.35 bits per heavy atom. The summed E-state index contributed by atoms with van der Waals surface area (Å²) in [5.41, 5.74) is 0.958. The molecule has 0 aliphatic carbocycles. The lowest BCUT2D eigenvalue weighted by atomic mass is 10.3. The van der Waals surface area contributed by atoms with Gasteiger partial charge in [-0.3, -0.25) is 4.79 Å². The largest absolute Gasteiger partial charge is 0.339 e. The maximum atomic E-state index is 12.2. The number of carbonyl (C=O) groups excluding carboxylic acids is 1. The van der Waals surface area contributed by atoms with Crippen LogP contribution >= 0.6 is 23.1 Å². The predicted molar refractivity (Wildman–Crippen MR) is 82.2 cm³/mol. The van der Waals surface area contributed by atoms with Gasteiger partial charge in [0.15, 0.2) is 0 Å². The summed E-state index contributed by atoms with van der Waals surface area (Å²) in [6.45, 7) is 3.57. The highest BCUT2D eigenvalue weighted by Crippen LogP contribution is 2.28. The Morgan fingerprint density at radius 3 is 2.95 bits per heavy atom. The third kappa shape index (κ3) is 2.94. The summed E-state index contributed by atoms with van der Waals surface area (Å²) in [6.07, 6.45) is 1.57. The van der Waals surface area contributed by atoms with Crippen LogP contribution in [0, 0.1) is 0 Å². The molecule has 0 atom stereocenters. The molecular weight excluding hydrogens is 292 g/mol. The first kappa shape index (κ1) is 13.8. The van der Waals surface area contributed by atoms with Crippen molar-refractivity contribution < 1.29 is 4.79 Å². The lowest BCUT2D eigenvalue weighted by Crippen LogP contribution is -2.47. The van der Waals surface area contributed by atoms with Crippen molar-refractivity contribution in [1.29, 1.82) is 0 Å². The second-order valence-electron chi connectivity index (χ2n) is 4.79. The van der Waals surface area contributed by atoms with Crippen molar-refractivity contribution in [3.05, 3.63) is 17.8 Å². The number of fused-ring (bicyclic) bond motifs is 1. The third-order valence-electron chi connectivity index (χ3n) is 3.40. The Bertz CT molecular complexity index is 607. The zero-order chi connectivity index (χ0) is 13.9. The standard InChI is InChI=1S/C13H16N4OS2/c1-16-3-5-17(6-4-16)11(18)8-20-13-12-10(2-7-19-12)14-9-15-13/h2,7,9H,3-6,8H2,1H3. The average molecular weight is 308 g/mol. The number of aromatic nitrogens is 2. The number of likely N-dealkylation sites (N-methyl/N-ethyl adjacent to an activating group) is 1. The highest BCUT2D eigenvalue weighted by Gasteiger charge is 2.19. The van der Waals surface area contributed by atoms with Gasteiger partial charge >= 0.3 is 0 Å². The molecule has 5 nitrogen and oxygen atoms in total. The zero-order valence-electron chi connectivity index (χ0n) is 11.3. The minimum atomic E-state index is 0.200. The number of hydrogen-bond acceptors (Lipinski definition) is 6. The van der Waals surface area contributed by atoms with Crippen LogP contribution in [0.5, 0.6) is 0 Å². The number of carbonyl (C=O) groups is 1. The van der Waals surface area contributed by atoms with Gasteiger partial charge in [-0.25, -0.2) is 9.97 Å². The lowest BCUT2D eigenvalue weighted by Gasteiger charge is -2.32. The summed E-state index contributed by atoms with van der Waals surface area (Å²) in [5.74, 6) is 0.652. The van der Waals surface area contributed by atoms with E-state index in [2.05, 4.69) is 21.9 Å². The molecule has 106 valence electrons. The summed E-state index contributed by atoms with van der Waals surface area (Å²) in [6, 6.07) is 1.98. The average Bonchev–Trinajstić information content (AvgIpc) is 2.94. The first-order valence-electron chi connectivity index (χ1n) is 6.51. The van der Waals surface area contributed by atoms with Crippen molar-refractivity contribution in [2.45, 2.75) is 5.03 Å². The second kappa shape index (κ2) is 6.07. The number of nitrogens with zero attached hydrogens (tertiary/aromatic N) is 4. The van der Waals surface area contributed by atoms with Crippen molar-refractivity contribution in [3.63, 3.8) is 0 Å². The molecule has 2 aromatic heterocycles. The molecule has 1 aliphatic heterocycles. The number of thiophene rings is 1. The molecule has 3 heterocycles. The van der Waals surface area contributed by atoms with E-state index < -0.39 is 0 Å². The SMILES string of the molecule is CN1CCN(C(=O)CSc2ncnc3ccsc23)CC1. The summed E-state index contributed by atoms with van der Waals surface area (Å²) < 4.78 is 1.07. The number of hydrogen-bond donors (Lipinski definition) is 0. The molecular formula is C13H16N4OS2. The van der Waals surface area contributed by atoms with E-state index >= 15 is 0 Å². The van der Waals surface area contributed by atoms with E-state index in [1.807, 2.05) is 16.3 Å². The summed E-state index contributed by atoms with van der Waals surface area (Å²) in [5, 5.41) is 2.92. The third-order valence-corrected chi connectivity index (χ3v) is 5.41. The summed E-state index contributed by atoms with van der Waals surface area (Å²) in [7, 11) is 2.09. The molecule has 1 aliphatic rings. The van der Waals surface area contributed by atoms with Crippen molar-refractivity contribution in [2.24, 2.45) is 0 Å².